The number of likely N-dealkylation sites (tertiary alicyclic amines) is 2. The SMILES string of the molecule is COCC1CCCN(C(=O)N2CC(CC(=O)O)C2)C1. The van der Waals surface area contributed by atoms with Crippen molar-refractivity contribution < 1.29 is 19.4 Å². The van der Waals surface area contributed by atoms with E-state index in [2.05, 4.69) is 0 Å². The van der Waals surface area contributed by atoms with E-state index in [0.717, 1.165) is 25.9 Å². The van der Waals surface area contributed by atoms with Crippen LogP contribution in [0, 0.1) is 11.8 Å². The van der Waals surface area contributed by atoms with Gasteiger partial charge in [0, 0.05) is 45.1 Å². The molecule has 0 bridgehead atoms. The maximum absolute atomic E-state index is 12.2. The Hall–Kier alpha value is -1.30. The van der Waals surface area contributed by atoms with Crippen LogP contribution in [0.1, 0.15) is 19.3 Å². The summed E-state index contributed by atoms with van der Waals surface area (Å²) in [6, 6.07) is 0.0578. The number of urea groups is 1. The van der Waals surface area contributed by atoms with Gasteiger partial charge in [-0.25, -0.2) is 4.79 Å². The van der Waals surface area contributed by atoms with Crippen LogP contribution in [-0.2, 0) is 9.53 Å². The maximum atomic E-state index is 12.2. The van der Waals surface area contributed by atoms with Crippen molar-refractivity contribution in [3.63, 3.8) is 0 Å². The van der Waals surface area contributed by atoms with E-state index in [-0.39, 0.29) is 18.4 Å². The van der Waals surface area contributed by atoms with Crippen LogP contribution in [0.4, 0.5) is 4.79 Å². The predicted molar refractivity (Wildman–Crippen MR) is 68.9 cm³/mol. The molecule has 1 unspecified atom stereocenters. The number of ether oxygens (including phenoxy) is 1. The summed E-state index contributed by atoms with van der Waals surface area (Å²) in [4.78, 5) is 26.4. The molecule has 2 aliphatic heterocycles. The molecule has 108 valence electrons. The van der Waals surface area contributed by atoms with E-state index in [9.17, 15) is 9.59 Å². The Labute approximate surface area is 113 Å². The van der Waals surface area contributed by atoms with Crippen molar-refractivity contribution >= 4 is 12.0 Å². The van der Waals surface area contributed by atoms with Crippen molar-refractivity contribution in [2.45, 2.75) is 19.3 Å². The first-order valence-electron chi connectivity index (χ1n) is 6.84. The van der Waals surface area contributed by atoms with Gasteiger partial charge >= 0.3 is 12.0 Å². The van der Waals surface area contributed by atoms with Gasteiger partial charge < -0.3 is 19.6 Å². The van der Waals surface area contributed by atoms with E-state index in [1.54, 1.807) is 12.0 Å². The van der Waals surface area contributed by atoms with Gasteiger partial charge in [-0.2, -0.15) is 0 Å². The molecule has 2 heterocycles. The number of hydrogen-bond acceptors (Lipinski definition) is 3. The first-order chi connectivity index (χ1) is 9.10. The Morgan fingerprint density at radius 3 is 2.53 bits per heavy atom. The highest BCUT2D eigenvalue weighted by molar-refractivity contribution is 5.76. The molecule has 2 fully saturated rings. The zero-order valence-corrected chi connectivity index (χ0v) is 11.4. The number of piperidine rings is 1. The summed E-state index contributed by atoms with van der Waals surface area (Å²) in [5.41, 5.74) is 0. The molecular weight excluding hydrogens is 248 g/mol. The summed E-state index contributed by atoms with van der Waals surface area (Å²) in [5, 5.41) is 8.69. The highest BCUT2D eigenvalue weighted by Crippen LogP contribution is 2.23. The normalized spacial score (nSPS) is 24.2. The van der Waals surface area contributed by atoms with Crippen molar-refractivity contribution in [1.82, 2.24) is 9.80 Å². The molecule has 2 amide bonds. The molecule has 2 aliphatic rings. The molecule has 1 atom stereocenters. The zero-order chi connectivity index (χ0) is 13.8. The van der Waals surface area contributed by atoms with E-state index < -0.39 is 5.97 Å². The minimum absolute atomic E-state index is 0.0578. The van der Waals surface area contributed by atoms with E-state index in [1.165, 1.54) is 0 Å². The summed E-state index contributed by atoms with van der Waals surface area (Å²) in [6.45, 7) is 3.42. The summed E-state index contributed by atoms with van der Waals surface area (Å²) in [5.74, 6) is -0.227. The van der Waals surface area contributed by atoms with Gasteiger partial charge in [0.1, 0.15) is 0 Å². The van der Waals surface area contributed by atoms with Gasteiger partial charge in [-0.15, -0.1) is 0 Å². The lowest BCUT2D eigenvalue weighted by molar-refractivity contribution is -0.139. The van der Waals surface area contributed by atoms with E-state index in [4.69, 9.17) is 9.84 Å². The topological polar surface area (TPSA) is 70.1 Å². The molecule has 19 heavy (non-hydrogen) atoms. The summed E-state index contributed by atoms with van der Waals surface area (Å²) >= 11 is 0. The summed E-state index contributed by atoms with van der Waals surface area (Å²) in [6.07, 6.45) is 2.29. The monoisotopic (exact) mass is 270 g/mol. The number of hydrogen-bond donors (Lipinski definition) is 1. The number of carboxylic acids is 1. The molecule has 0 radical (unpaired) electrons. The van der Waals surface area contributed by atoms with Crippen LogP contribution in [0.5, 0.6) is 0 Å². The smallest absolute Gasteiger partial charge is 0.320 e. The highest BCUT2D eigenvalue weighted by atomic mass is 16.5. The van der Waals surface area contributed by atoms with Crippen molar-refractivity contribution in [3.8, 4) is 0 Å². The number of methoxy groups -OCH3 is 1. The quantitative estimate of drug-likeness (QED) is 0.823. The minimum Gasteiger partial charge on any atom is -0.481 e. The van der Waals surface area contributed by atoms with E-state index in [1.807, 2.05) is 4.90 Å². The zero-order valence-electron chi connectivity index (χ0n) is 11.4. The first kappa shape index (κ1) is 14.1. The van der Waals surface area contributed by atoms with Crippen LogP contribution in [0.15, 0.2) is 0 Å². The van der Waals surface area contributed by atoms with Gasteiger partial charge in [-0.05, 0) is 12.8 Å². The number of carbonyl (C=O) groups excluding carboxylic acids is 1. The second kappa shape index (κ2) is 6.23. The van der Waals surface area contributed by atoms with Crippen LogP contribution in [0.3, 0.4) is 0 Å². The molecule has 0 spiro atoms. The van der Waals surface area contributed by atoms with E-state index >= 15 is 0 Å². The average molecular weight is 270 g/mol. The lowest BCUT2D eigenvalue weighted by Crippen LogP contribution is -2.57. The Kier molecular flexibility index (Phi) is 4.63. The lowest BCUT2D eigenvalue weighted by Gasteiger charge is -2.43. The molecule has 0 aromatic heterocycles. The summed E-state index contributed by atoms with van der Waals surface area (Å²) < 4.78 is 5.15. The fourth-order valence-corrected chi connectivity index (χ4v) is 2.91. The molecule has 6 nitrogen and oxygen atoms in total. The molecule has 2 rings (SSSR count). The molecule has 0 aromatic rings. The number of aliphatic carboxylic acids is 1. The molecule has 0 saturated carbocycles. The third-order valence-corrected chi connectivity index (χ3v) is 3.88. The van der Waals surface area contributed by atoms with Gasteiger partial charge in [0.25, 0.3) is 0 Å². The fraction of sp³-hybridized carbons (Fsp3) is 0.846. The van der Waals surface area contributed by atoms with Crippen LogP contribution in [-0.4, -0.2) is 66.8 Å². The Morgan fingerprint density at radius 1 is 1.21 bits per heavy atom. The Morgan fingerprint density at radius 2 is 1.89 bits per heavy atom. The van der Waals surface area contributed by atoms with Gasteiger partial charge in [-0.1, -0.05) is 0 Å². The highest BCUT2D eigenvalue weighted by Gasteiger charge is 2.35. The standard InChI is InChI=1S/C13H22N2O4/c1-19-9-10-3-2-4-14(6-10)13(18)15-7-11(8-15)5-12(16)17/h10-11H,2-9H2,1H3,(H,16,17). The van der Waals surface area contributed by atoms with Gasteiger partial charge in [0.2, 0.25) is 0 Å². The lowest BCUT2D eigenvalue weighted by atomic mass is 9.96. The third kappa shape index (κ3) is 3.59. The fourth-order valence-electron chi connectivity index (χ4n) is 2.91. The third-order valence-electron chi connectivity index (χ3n) is 3.88. The molecule has 0 aromatic carbocycles. The minimum atomic E-state index is -0.782. The maximum Gasteiger partial charge on any atom is 0.320 e. The van der Waals surface area contributed by atoms with Gasteiger partial charge in [0.15, 0.2) is 0 Å². The van der Waals surface area contributed by atoms with Crippen molar-refractivity contribution in [1.29, 1.82) is 0 Å². The second-order valence-corrected chi connectivity index (χ2v) is 5.56. The molecule has 2 saturated heterocycles. The number of amides is 2. The number of carboxylic acid groups (broad SMARTS) is 1. The second-order valence-electron chi connectivity index (χ2n) is 5.56. The van der Waals surface area contributed by atoms with Crippen LogP contribution in [0.2, 0.25) is 0 Å². The Bertz CT molecular complexity index is 340. The predicted octanol–water partition coefficient (Wildman–Crippen LogP) is 0.871. The van der Waals surface area contributed by atoms with Crippen molar-refractivity contribution in [3.05, 3.63) is 0 Å². The van der Waals surface area contributed by atoms with E-state index in [0.29, 0.717) is 25.6 Å². The van der Waals surface area contributed by atoms with Gasteiger partial charge in [0.05, 0.1) is 13.0 Å². The number of nitrogens with zero attached hydrogens (tertiary/aromatic N) is 2. The molecule has 6 heteroatoms. The molecule has 0 aliphatic carbocycles. The first-order valence-corrected chi connectivity index (χ1v) is 6.84. The van der Waals surface area contributed by atoms with Crippen molar-refractivity contribution in [2.24, 2.45) is 11.8 Å². The number of carbonyl (C=O) groups is 2. The van der Waals surface area contributed by atoms with Crippen LogP contribution >= 0.6 is 0 Å². The number of rotatable bonds is 4. The van der Waals surface area contributed by atoms with Crippen LogP contribution in [0.25, 0.3) is 0 Å². The van der Waals surface area contributed by atoms with Crippen molar-refractivity contribution in [2.75, 3.05) is 39.9 Å². The average Bonchev–Trinajstić information content (AvgIpc) is 2.33. The largest absolute Gasteiger partial charge is 0.481 e. The molecule has 1 N–H and O–H groups in total. The Balaban J connectivity index is 1.76. The van der Waals surface area contributed by atoms with Crippen LogP contribution < -0.4 is 0 Å². The van der Waals surface area contributed by atoms with Gasteiger partial charge in [-0.3, -0.25) is 4.79 Å². The molecular formula is C13H22N2O4. The summed E-state index contributed by atoms with van der Waals surface area (Å²) in [7, 11) is 1.69.